The molecule has 1 aromatic carbocycles. The van der Waals surface area contributed by atoms with Gasteiger partial charge < -0.3 is 9.80 Å². The van der Waals surface area contributed by atoms with Gasteiger partial charge in [-0.1, -0.05) is 12.1 Å². The van der Waals surface area contributed by atoms with Gasteiger partial charge in [0.2, 0.25) is 5.28 Å². The third-order valence-electron chi connectivity index (χ3n) is 5.54. The van der Waals surface area contributed by atoms with Crippen LogP contribution in [0.5, 0.6) is 0 Å². The van der Waals surface area contributed by atoms with E-state index in [4.69, 9.17) is 11.6 Å². The molecule has 1 aliphatic carbocycles. The number of fused-ring (bicyclic) bond motifs is 3. The number of aromatic nitrogens is 2. The van der Waals surface area contributed by atoms with E-state index in [9.17, 15) is 4.39 Å². The smallest absolute Gasteiger partial charge is 0.225 e. The number of aryl methyl sites for hydroxylation is 2. The second-order valence-electron chi connectivity index (χ2n) is 7.13. The Morgan fingerprint density at radius 1 is 0.963 bits per heavy atom. The first-order chi connectivity index (χ1) is 13.2. The molecule has 2 aliphatic rings. The summed E-state index contributed by atoms with van der Waals surface area (Å²) in [4.78, 5) is 16.0. The first-order valence-corrected chi connectivity index (χ1v) is 10.6. The Balaban J connectivity index is 1.47. The van der Waals surface area contributed by atoms with Gasteiger partial charge in [-0.2, -0.15) is 4.98 Å². The molecule has 0 bridgehead atoms. The molecule has 2 aromatic heterocycles. The Bertz CT molecular complexity index is 997. The highest BCUT2D eigenvalue weighted by molar-refractivity contribution is 7.19. The summed E-state index contributed by atoms with van der Waals surface area (Å²) in [6, 6.07) is 6.98. The number of halogens is 2. The van der Waals surface area contributed by atoms with E-state index in [1.165, 1.54) is 34.7 Å². The van der Waals surface area contributed by atoms with E-state index in [1.807, 2.05) is 12.1 Å². The number of piperazine rings is 1. The second-order valence-corrected chi connectivity index (χ2v) is 8.55. The van der Waals surface area contributed by atoms with Gasteiger partial charge in [0.25, 0.3) is 0 Å². The minimum atomic E-state index is -0.162. The summed E-state index contributed by atoms with van der Waals surface area (Å²) in [7, 11) is 0. The van der Waals surface area contributed by atoms with Crippen molar-refractivity contribution in [2.75, 3.05) is 36.0 Å². The first kappa shape index (κ1) is 17.2. The summed E-state index contributed by atoms with van der Waals surface area (Å²) in [5.74, 6) is 0.794. The summed E-state index contributed by atoms with van der Waals surface area (Å²) in [6.07, 6.45) is 4.70. The van der Waals surface area contributed by atoms with Gasteiger partial charge in [-0.3, -0.25) is 0 Å². The van der Waals surface area contributed by atoms with Crippen LogP contribution in [0, 0.1) is 5.82 Å². The molecular weight excluding hydrogens is 383 g/mol. The Morgan fingerprint density at radius 3 is 2.52 bits per heavy atom. The van der Waals surface area contributed by atoms with Crippen molar-refractivity contribution >= 4 is 44.7 Å². The lowest BCUT2D eigenvalue weighted by Crippen LogP contribution is -2.47. The van der Waals surface area contributed by atoms with Crippen LogP contribution in [0.15, 0.2) is 24.3 Å². The van der Waals surface area contributed by atoms with Crippen molar-refractivity contribution < 1.29 is 4.39 Å². The fourth-order valence-corrected chi connectivity index (χ4v) is 5.68. The molecule has 3 aromatic rings. The predicted molar refractivity (Wildman–Crippen MR) is 110 cm³/mol. The summed E-state index contributed by atoms with van der Waals surface area (Å²) in [6.45, 7) is 3.11. The van der Waals surface area contributed by atoms with Crippen LogP contribution in [0.1, 0.15) is 23.3 Å². The van der Waals surface area contributed by atoms with Crippen molar-refractivity contribution in [2.24, 2.45) is 0 Å². The van der Waals surface area contributed by atoms with Crippen LogP contribution < -0.4 is 9.80 Å². The quantitative estimate of drug-likeness (QED) is 0.582. The topological polar surface area (TPSA) is 32.3 Å². The van der Waals surface area contributed by atoms with Gasteiger partial charge in [0.05, 0.1) is 11.1 Å². The van der Waals surface area contributed by atoms with Gasteiger partial charge in [-0.15, -0.1) is 11.3 Å². The molecule has 7 heteroatoms. The zero-order valence-electron chi connectivity index (χ0n) is 14.9. The fraction of sp³-hybridized carbons (Fsp3) is 0.400. The fourth-order valence-electron chi connectivity index (χ4n) is 4.21. The largest absolute Gasteiger partial charge is 0.366 e. The maximum atomic E-state index is 14.1. The molecule has 5 rings (SSSR count). The molecule has 1 aliphatic heterocycles. The van der Waals surface area contributed by atoms with Crippen molar-refractivity contribution in [1.29, 1.82) is 0 Å². The van der Waals surface area contributed by atoms with E-state index < -0.39 is 0 Å². The van der Waals surface area contributed by atoms with Crippen LogP contribution >= 0.6 is 22.9 Å². The Hall–Kier alpha value is -1.92. The summed E-state index contributed by atoms with van der Waals surface area (Å²) in [5.41, 5.74) is 2.10. The number of hydrogen-bond donors (Lipinski definition) is 0. The molecule has 3 heterocycles. The highest BCUT2D eigenvalue weighted by Gasteiger charge is 2.26. The summed E-state index contributed by atoms with van der Waals surface area (Å²) >= 11 is 8.02. The number of rotatable bonds is 2. The zero-order chi connectivity index (χ0) is 18.4. The van der Waals surface area contributed by atoms with Crippen LogP contribution in [0.25, 0.3) is 10.2 Å². The van der Waals surface area contributed by atoms with E-state index >= 15 is 0 Å². The molecule has 0 saturated carbocycles. The molecule has 140 valence electrons. The average molecular weight is 403 g/mol. The molecule has 1 fully saturated rings. The van der Waals surface area contributed by atoms with Crippen molar-refractivity contribution in [3.05, 3.63) is 45.8 Å². The summed E-state index contributed by atoms with van der Waals surface area (Å²) < 4.78 is 14.1. The normalized spacial score (nSPS) is 17.4. The Labute approximate surface area is 166 Å². The molecule has 0 atom stereocenters. The SMILES string of the molecule is Fc1ccccc1N1CCN(c2nc(Cl)nc3sc4c(c23)CCCC4)CC1. The lowest BCUT2D eigenvalue weighted by atomic mass is 9.97. The van der Waals surface area contributed by atoms with E-state index in [-0.39, 0.29) is 5.82 Å². The van der Waals surface area contributed by atoms with E-state index in [0.29, 0.717) is 11.0 Å². The van der Waals surface area contributed by atoms with Crippen molar-refractivity contribution in [2.45, 2.75) is 25.7 Å². The number of nitrogens with zero attached hydrogens (tertiary/aromatic N) is 4. The number of thiophene rings is 1. The molecule has 0 radical (unpaired) electrons. The van der Waals surface area contributed by atoms with E-state index in [1.54, 1.807) is 17.4 Å². The van der Waals surface area contributed by atoms with Crippen molar-refractivity contribution in [1.82, 2.24) is 9.97 Å². The number of para-hydroxylation sites is 1. The average Bonchev–Trinajstić information content (AvgIpc) is 3.06. The van der Waals surface area contributed by atoms with Crippen LogP contribution in [0.2, 0.25) is 5.28 Å². The Kier molecular flexibility index (Phi) is 4.40. The van der Waals surface area contributed by atoms with Gasteiger partial charge >= 0.3 is 0 Å². The molecule has 0 spiro atoms. The third-order valence-corrected chi connectivity index (χ3v) is 6.90. The van der Waals surface area contributed by atoms with Gasteiger partial charge in [0.1, 0.15) is 16.5 Å². The predicted octanol–water partition coefficient (Wildman–Crippen LogP) is 4.69. The van der Waals surface area contributed by atoms with Gasteiger partial charge in [0.15, 0.2) is 0 Å². The molecule has 1 saturated heterocycles. The number of hydrogen-bond acceptors (Lipinski definition) is 5. The molecule has 27 heavy (non-hydrogen) atoms. The van der Waals surface area contributed by atoms with Gasteiger partial charge in [-0.25, -0.2) is 9.37 Å². The maximum Gasteiger partial charge on any atom is 0.225 e. The standard InChI is InChI=1S/C20H20ClFN4S/c21-20-23-18(17-13-5-1-4-8-16(13)27-19(17)24-20)26-11-9-25(10-12-26)15-7-3-2-6-14(15)22/h2-3,6-7H,1,4-5,8-12H2. The highest BCUT2D eigenvalue weighted by atomic mass is 35.5. The monoisotopic (exact) mass is 402 g/mol. The number of benzene rings is 1. The van der Waals surface area contributed by atoms with Crippen LogP contribution in [0.4, 0.5) is 15.9 Å². The number of anilines is 2. The molecular formula is C20H20ClFN4S. The molecule has 0 unspecified atom stereocenters. The Morgan fingerprint density at radius 2 is 1.70 bits per heavy atom. The van der Waals surface area contributed by atoms with E-state index in [2.05, 4.69) is 19.8 Å². The third kappa shape index (κ3) is 3.05. The first-order valence-electron chi connectivity index (χ1n) is 9.43. The molecule has 4 nitrogen and oxygen atoms in total. The second kappa shape index (κ2) is 6.91. The minimum absolute atomic E-state index is 0.162. The van der Waals surface area contributed by atoms with Crippen LogP contribution in [-0.4, -0.2) is 36.1 Å². The van der Waals surface area contributed by atoms with Crippen molar-refractivity contribution in [3.63, 3.8) is 0 Å². The lowest BCUT2D eigenvalue weighted by molar-refractivity contribution is 0.596. The van der Waals surface area contributed by atoms with Gasteiger partial charge in [-0.05, 0) is 55.0 Å². The molecule has 0 N–H and O–H groups in total. The van der Waals surface area contributed by atoms with Gasteiger partial charge in [0, 0.05) is 31.1 Å². The zero-order valence-corrected chi connectivity index (χ0v) is 16.5. The van der Waals surface area contributed by atoms with Crippen LogP contribution in [0.3, 0.4) is 0 Å². The molecule has 0 amide bonds. The van der Waals surface area contributed by atoms with Crippen LogP contribution in [-0.2, 0) is 12.8 Å². The van der Waals surface area contributed by atoms with E-state index in [0.717, 1.165) is 49.7 Å². The highest BCUT2D eigenvalue weighted by Crippen LogP contribution is 2.40. The summed E-state index contributed by atoms with van der Waals surface area (Å²) in [5, 5.41) is 1.51. The minimum Gasteiger partial charge on any atom is -0.366 e. The maximum absolute atomic E-state index is 14.1. The lowest BCUT2D eigenvalue weighted by Gasteiger charge is -2.37. The van der Waals surface area contributed by atoms with Crippen molar-refractivity contribution in [3.8, 4) is 0 Å².